The molecule has 3 rings (SSSR count). The molecule has 5 nitrogen and oxygen atoms in total. The average Bonchev–Trinajstić information content (AvgIpc) is 2.90. The van der Waals surface area contributed by atoms with Gasteiger partial charge in [0.2, 0.25) is 5.91 Å². The number of nitrogens with one attached hydrogen (secondary N) is 2. The van der Waals surface area contributed by atoms with Crippen LogP contribution in [0.15, 0.2) is 30.3 Å². The summed E-state index contributed by atoms with van der Waals surface area (Å²) in [6.45, 7) is 9.09. The summed E-state index contributed by atoms with van der Waals surface area (Å²) in [5.74, 6) is 0.0820. The van der Waals surface area contributed by atoms with Gasteiger partial charge in [0.25, 0.3) is 0 Å². The molecule has 1 aliphatic heterocycles. The van der Waals surface area contributed by atoms with E-state index >= 15 is 0 Å². The molecule has 1 fully saturated rings. The minimum absolute atomic E-state index is 0.0820. The highest BCUT2D eigenvalue weighted by atomic mass is 16.1. The monoisotopic (exact) mass is 340 g/mol. The zero-order valence-corrected chi connectivity index (χ0v) is 15.4. The van der Waals surface area contributed by atoms with Crippen LogP contribution in [-0.2, 0) is 11.2 Å². The van der Waals surface area contributed by atoms with Gasteiger partial charge in [-0.05, 0) is 57.3 Å². The van der Waals surface area contributed by atoms with Gasteiger partial charge in [-0.3, -0.25) is 4.79 Å². The first-order valence-corrected chi connectivity index (χ1v) is 9.06. The molecule has 2 N–H and O–H groups in total. The first kappa shape index (κ1) is 17.7. The van der Waals surface area contributed by atoms with Gasteiger partial charge >= 0.3 is 0 Å². The second-order valence-corrected chi connectivity index (χ2v) is 7.41. The summed E-state index contributed by atoms with van der Waals surface area (Å²) in [4.78, 5) is 12.5. The van der Waals surface area contributed by atoms with Crippen molar-refractivity contribution >= 4 is 5.91 Å². The lowest BCUT2D eigenvalue weighted by molar-refractivity contribution is -0.121. The number of para-hydroxylation sites is 1. The Hall–Kier alpha value is -2.14. The van der Waals surface area contributed by atoms with Crippen molar-refractivity contribution in [3.8, 4) is 5.69 Å². The highest BCUT2D eigenvalue weighted by Gasteiger charge is 2.27. The molecule has 0 atom stereocenters. The number of aromatic nitrogens is 2. The fraction of sp³-hybridized carbons (Fsp3) is 0.500. The van der Waals surface area contributed by atoms with E-state index in [-0.39, 0.29) is 11.3 Å². The first-order valence-electron chi connectivity index (χ1n) is 9.06. The van der Waals surface area contributed by atoms with Crippen molar-refractivity contribution in [2.24, 2.45) is 5.41 Å². The Morgan fingerprint density at radius 1 is 1.24 bits per heavy atom. The van der Waals surface area contributed by atoms with Crippen molar-refractivity contribution < 1.29 is 4.79 Å². The number of rotatable bonds is 5. The summed E-state index contributed by atoms with van der Waals surface area (Å²) in [5, 5.41) is 11.1. The zero-order chi connectivity index (χ0) is 17.9. The van der Waals surface area contributed by atoms with Crippen LogP contribution in [-0.4, -0.2) is 35.3 Å². The second-order valence-electron chi connectivity index (χ2n) is 7.41. The van der Waals surface area contributed by atoms with Crippen LogP contribution in [0, 0.1) is 19.3 Å². The van der Waals surface area contributed by atoms with E-state index in [1.807, 2.05) is 48.9 Å². The number of nitrogens with zero attached hydrogens (tertiary/aromatic N) is 2. The topological polar surface area (TPSA) is 59.0 Å². The van der Waals surface area contributed by atoms with E-state index in [0.29, 0.717) is 6.42 Å². The number of carbonyl (C=O) groups excluding carboxylic acids is 1. The molecule has 1 saturated heterocycles. The predicted octanol–water partition coefficient (Wildman–Crippen LogP) is 2.54. The molecule has 0 aliphatic carbocycles. The Labute approximate surface area is 149 Å². The van der Waals surface area contributed by atoms with Gasteiger partial charge in [-0.2, -0.15) is 5.10 Å². The molecule has 0 bridgehead atoms. The molecule has 1 amide bonds. The number of carbonyl (C=O) groups is 1. The van der Waals surface area contributed by atoms with Gasteiger partial charge in [-0.15, -0.1) is 0 Å². The maximum absolute atomic E-state index is 12.5. The van der Waals surface area contributed by atoms with Crippen LogP contribution < -0.4 is 10.6 Å². The van der Waals surface area contributed by atoms with E-state index in [2.05, 4.69) is 22.7 Å². The van der Waals surface area contributed by atoms with Crippen molar-refractivity contribution in [3.63, 3.8) is 0 Å². The van der Waals surface area contributed by atoms with Gasteiger partial charge in [0, 0.05) is 17.8 Å². The molecule has 5 heteroatoms. The summed E-state index contributed by atoms with van der Waals surface area (Å²) in [6, 6.07) is 10.0. The highest BCUT2D eigenvalue weighted by Crippen LogP contribution is 2.26. The Balaban J connectivity index is 1.66. The second kappa shape index (κ2) is 7.40. The van der Waals surface area contributed by atoms with Gasteiger partial charge in [0.15, 0.2) is 0 Å². The van der Waals surface area contributed by atoms with Crippen LogP contribution in [0.4, 0.5) is 0 Å². The number of hydrogen-bond acceptors (Lipinski definition) is 3. The minimum atomic E-state index is 0.0820. The SMILES string of the molecule is Cc1nn(-c2ccccc2)c(C)c1CC(=O)NCC1(C)CCNCC1. The number of amides is 1. The number of piperidine rings is 1. The molecule has 2 aromatic rings. The van der Waals surface area contributed by atoms with E-state index in [0.717, 1.165) is 55.1 Å². The summed E-state index contributed by atoms with van der Waals surface area (Å²) < 4.78 is 1.92. The van der Waals surface area contributed by atoms with Gasteiger partial charge < -0.3 is 10.6 Å². The molecule has 25 heavy (non-hydrogen) atoms. The predicted molar refractivity (Wildman–Crippen MR) is 100.0 cm³/mol. The van der Waals surface area contributed by atoms with Crippen molar-refractivity contribution in [2.45, 2.75) is 40.0 Å². The van der Waals surface area contributed by atoms with E-state index in [1.54, 1.807) is 0 Å². The van der Waals surface area contributed by atoms with Gasteiger partial charge in [-0.1, -0.05) is 25.1 Å². The largest absolute Gasteiger partial charge is 0.355 e. The van der Waals surface area contributed by atoms with Gasteiger partial charge in [0.1, 0.15) is 0 Å². The summed E-state index contributed by atoms with van der Waals surface area (Å²) in [7, 11) is 0. The van der Waals surface area contributed by atoms with Crippen molar-refractivity contribution in [1.82, 2.24) is 20.4 Å². The number of aryl methyl sites for hydroxylation is 1. The van der Waals surface area contributed by atoms with Crippen LogP contribution in [0.3, 0.4) is 0 Å². The Morgan fingerprint density at radius 2 is 1.92 bits per heavy atom. The van der Waals surface area contributed by atoms with Crippen LogP contribution in [0.5, 0.6) is 0 Å². The number of hydrogen-bond donors (Lipinski definition) is 2. The van der Waals surface area contributed by atoms with E-state index in [1.165, 1.54) is 0 Å². The maximum Gasteiger partial charge on any atom is 0.224 e. The van der Waals surface area contributed by atoms with Crippen LogP contribution in [0.25, 0.3) is 5.69 Å². The fourth-order valence-corrected chi connectivity index (χ4v) is 3.49. The molecular formula is C20H28N4O. The molecule has 134 valence electrons. The van der Waals surface area contributed by atoms with Crippen LogP contribution >= 0.6 is 0 Å². The maximum atomic E-state index is 12.5. The Kier molecular flexibility index (Phi) is 5.23. The lowest BCUT2D eigenvalue weighted by Gasteiger charge is -2.34. The van der Waals surface area contributed by atoms with Crippen molar-refractivity contribution in [3.05, 3.63) is 47.3 Å². The summed E-state index contributed by atoms with van der Waals surface area (Å²) in [6.07, 6.45) is 2.60. The molecule has 0 spiro atoms. The molecule has 2 heterocycles. The van der Waals surface area contributed by atoms with E-state index < -0.39 is 0 Å². The Morgan fingerprint density at radius 3 is 2.60 bits per heavy atom. The third kappa shape index (κ3) is 4.10. The third-order valence-electron chi connectivity index (χ3n) is 5.30. The molecular weight excluding hydrogens is 312 g/mol. The van der Waals surface area contributed by atoms with E-state index in [9.17, 15) is 4.79 Å². The fourth-order valence-electron chi connectivity index (χ4n) is 3.49. The Bertz CT molecular complexity index is 730. The highest BCUT2D eigenvalue weighted by molar-refractivity contribution is 5.79. The normalized spacial score (nSPS) is 16.6. The molecule has 1 aromatic heterocycles. The van der Waals surface area contributed by atoms with Crippen LogP contribution in [0.2, 0.25) is 0 Å². The average molecular weight is 340 g/mol. The molecule has 0 radical (unpaired) electrons. The smallest absolute Gasteiger partial charge is 0.224 e. The quantitative estimate of drug-likeness (QED) is 0.879. The zero-order valence-electron chi connectivity index (χ0n) is 15.4. The third-order valence-corrected chi connectivity index (χ3v) is 5.30. The molecule has 1 aliphatic rings. The standard InChI is InChI=1S/C20H28N4O/c1-15-18(16(2)24(23-15)17-7-5-4-6-8-17)13-19(25)22-14-20(3)9-11-21-12-10-20/h4-8,21H,9-14H2,1-3H3,(H,22,25). The lowest BCUT2D eigenvalue weighted by Crippen LogP contribution is -2.43. The van der Waals surface area contributed by atoms with Crippen LogP contribution in [0.1, 0.15) is 36.7 Å². The van der Waals surface area contributed by atoms with Crippen molar-refractivity contribution in [1.29, 1.82) is 0 Å². The number of benzene rings is 1. The molecule has 0 unspecified atom stereocenters. The van der Waals surface area contributed by atoms with Crippen molar-refractivity contribution in [2.75, 3.05) is 19.6 Å². The first-order chi connectivity index (χ1) is 12.0. The minimum Gasteiger partial charge on any atom is -0.355 e. The van der Waals surface area contributed by atoms with E-state index in [4.69, 9.17) is 0 Å². The lowest BCUT2D eigenvalue weighted by atomic mass is 9.81. The molecule has 1 aromatic carbocycles. The molecule has 0 saturated carbocycles. The van der Waals surface area contributed by atoms with Gasteiger partial charge in [0.05, 0.1) is 17.8 Å². The summed E-state index contributed by atoms with van der Waals surface area (Å²) >= 11 is 0. The summed E-state index contributed by atoms with van der Waals surface area (Å²) in [5.41, 5.74) is 4.21. The van der Waals surface area contributed by atoms with Gasteiger partial charge in [-0.25, -0.2) is 4.68 Å².